The van der Waals surface area contributed by atoms with Gasteiger partial charge < -0.3 is 16.3 Å². The molecule has 4 N–H and O–H groups in total. The fourth-order valence-electron chi connectivity index (χ4n) is 2.51. The Kier molecular flexibility index (Phi) is 4.74. The lowest BCUT2D eigenvalue weighted by molar-refractivity contribution is -0.122. The minimum absolute atomic E-state index is 0.0172. The molecule has 0 bridgehead atoms. The number of nitrogens with two attached hydrogens (primary N) is 1. The number of anilines is 1. The molecule has 1 saturated carbocycles. The van der Waals surface area contributed by atoms with Crippen LogP contribution in [0.25, 0.3) is 0 Å². The molecule has 20 heavy (non-hydrogen) atoms. The van der Waals surface area contributed by atoms with Crippen molar-refractivity contribution in [2.24, 2.45) is 16.3 Å². The molecule has 1 aromatic carbocycles. The molecule has 0 unspecified atom stereocenters. The highest BCUT2D eigenvalue weighted by molar-refractivity contribution is 14.1. The maximum absolute atomic E-state index is 12.6. The van der Waals surface area contributed by atoms with Crippen molar-refractivity contribution in [1.82, 2.24) is 0 Å². The summed E-state index contributed by atoms with van der Waals surface area (Å²) in [5.41, 5.74) is 5.52. The molecule has 0 aromatic heterocycles. The number of hydrogen-bond acceptors (Lipinski definition) is 3. The molecule has 7 heteroatoms. The van der Waals surface area contributed by atoms with Crippen molar-refractivity contribution in [1.29, 1.82) is 0 Å². The number of halogens is 2. The van der Waals surface area contributed by atoms with Crippen LogP contribution in [0.3, 0.4) is 0 Å². The van der Waals surface area contributed by atoms with Gasteiger partial charge in [0, 0.05) is 8.59 Å². The van der Waals surface area contributed by atoms with E-state index in [0.717, 1.165) is 16.4 Å². The predicted molar refractivity (Wildman–Crippen MR) is 87.1 cm³/mol. The van der Waals surface area contributed by atoms with Gasteiger partial charge in [-0.15, -0.1) is 0 Å². The van der Waals surface area contributed by atoms with Crippen molar-refractivity contribution in [2.75, 3.05) is 5.32 Å². The highest BCUT2D eigenvalue weighted by Crippen LogP contribution is 2.39. The van der Waals surface area contributed by atoms with Gasteiger partial charge in [-0.25, -0.2) is 0 Å². The average Bonchev–Trinajstić information content (AvgIpc) is 2.91. The molecule has 0 heterocycles. The molecule has 0 saturated heterocycles. The van der Waals surface area contributed by atoms with Crippen molar-refractivity contribution in [3.63, 3.8) is 0 Å². The SMILES string of the molecule is N/C(=N/O)C1(C(=O)Nc2ccc(Cl)cc2I)CCCC1. The van der Waals surface area contributed by atoms with E-state index >= 15 is 0 Å². The summed E-state index contributed by atoms with van der Waals surface area (Å²) in [4.78, 5) is 12.6. The zero-order valence-corrected chi connectivity index (χ0v) is 13.6. The number of benzene rings is 1. The summed E-state index contributed by atoms with van der Waals surface area (Å²) in [5, 5.41) is 15.5. The summed E-state index contributed by atoms with van der Waals surface area (Å²) in [5.74, 6) is -0.248. The summed E-state index contributed by atoms with van der Waals surface area (Å²) in [6.07, 6.45) is 2.97. The van der Waals surface area contributed by atoms with Gasteiger partial charge in [-0.05, 0) is 53.6 Å². The fraction of sp³-hybridized carbons (Fsp3) is 0.385. The highest BCUT2D eigenvalue weighted by atomic mass is 127. The Bertz CT molecular complexity index is 557. The van der Waals surface area contributed by atoms with E-state index in [1.807, 2.05) is 0 Å². The van der Waals surface area contributed by atoms with Crippen LogP contribution in [0.4, 0.5) is 5.69 Å². The fourth-order valence-corrected chi connectivity index (χ4v) is 3.51. The number of nitrogens with one attached hydrogen (secondary N) is 1. The summed E-state index contributed by atoms with van der Waals surface area (Å²) >= 11 is 8.00. The van der Waals surface area contributed by atoms with Crippen LogP contribution < -0.4 is 11.1 Å². The minimum atomic E-state index is -0.905. The normalized spacial score (nSPS) is 18.0. The van der Waals surface area contributed by atoms with Crippen molar-refractivity contribution >= 4 is 51.6 Å². The maximum atomic E-state index is 12.6. The topological polar surface area (TPSA) is 87.7 Å². The highest BCUT2D eigenvalue weighted by Gasteiger charge is 2.45. The molecule has 108 valence electrons. The third-order valence-electron chi connectivity index (χ3n) is 3.67. The molecule has 0 atom stereocenters. The predicted octanol–water partition coefficient (Wildman–Crippen LogP) is 3.19. The monoisotopic (exact) mass is 407 g/mol. The first-order valence-electron chi connectivity index (χ1n) is 6.24. The molecule has 1 aliphatic rings. The van der Waals surface area contributed by atoms with E-state index < -0.39 is 5.41 Å². The van der Waals surface area contributed by atoms with Crippen LogP contribution in [-0.2, 0) is 4.79 Å². The Labute approximate surface area is 135 Å². The number of carbonyl (C=O) groups excluding carboxylic acids is 1. The van der Waals surface area contributed by atoms with E-state index in [0.29, 0.717) is 23.6 Å². The van der Waals surface area contributed by atoms with Crippen LogP contribution in [0.15, 0.2) is 23.4 Å². The molecule has 1 fully saturated rings. The van der Waals surface area contributed by atoms with Gasteiger partial charge in [0.15, 0.2) is 5.84 Å². The third kappa shape index (κ3) is 2.85. The Morgan fingerprint density at radius 3 is 2.65 bits per heavy atom. The van der Waals surface area contributed by atoms with Crippen molar-refractivity contribution < 1.29 is 10.0 Å². The second-order valence-corrected chi connectivity index (χ2v) is 6.45. The van der Waals surface area contributed by atoms with Gasteiger partial charge in [0.25, 0.3) is 0 Å². The van der Waals surface area contributed by atoms with E-state index in [-0.39, 0.29) is 11.7 Å². The summed E-state index contributed by atoms with van der Waals surface area (Å²) in [7, 11) is 0. The Morgan fingerprint density at radius 1 is 1.45 bits per heavy atom. The van der Waals surface area contributed by atoms with E-state index in [1.54, 1.807) is 18.2 Å². The van der Waals surface area contributed by atoms with Gasteiger partial charge in [-0.3, -0.25) is 4.79 Å². The van der Waals surface area contributed by atoms with Gasteiger partial charge in [0.1, 0.15) is 5.41 Å². The minimum Gasteiger partial charge on any atom is -0.409 e. The summed E-state index contributed by atoms with van der Waals surface area (Å²) in [6.45, 7) is 0. The lowest BCUT2D eigenvalue weighted by Gasteiger charge is -2.26. The number of amidine groups is 1. The molecule has 1 amide bonds. The standard InChI is InChI=1S/C13H15ClIN3O2/c14-8-3-4-10(9(15)7-8)17-12(19)13(11(16)18-20)5-1-2-6-13/h3-4,7,20H,1-2,5-6H2,(H2,16,18)(H,17,19). The van der Waals surface area contributed by atoms with Crippen LogP contribution >= 0.6 is 34.2 Å². The van der Waals surface area contributed by atoms with Gasteiger partial charge in [-0.1, -0.05) is 29.6 Å². The van der Waals surface area contributed by atoms with Crippen LogP contribution in [-0.4, -0.2) is 17.0 Å². The third-order valence-corrected chi connectivity index (χ3v) is 4.80. The van der Waals surface area contributed by atoms with Gasteiger partial charge in [0.05, 0.1) is 5.69 Å². The zero-order valence-electron chi connectivity index (χ0n) is 10.7. The first-order chi connectivity index (χ1) is 9.49. The van der Waals surface area contributed by atoms with E-state index in [1.165, 1.54) is 0 Å². The maximum Gasteiger partial charge on any atom is 0.238 e. The molecular formula is C13H15ClIN3O2. The smallest absolute Gasteiger partial charge is 0.238 e. The lowest BCUT2D eigenvalue weighted by atomic mass is 9.83. The van der Waals surface area contributed by atoms with Gasteiger partial charge in [-0.2, -0.15) is 0 Å². The lowest BCUT2D eigenvalue weighted by Crippen LogP contribution is -2.45. The number of rotatable bonds is 3. The summed E-state index contributed by atoms with van der Waals surface area (Å²) in [6, 6.07) is 5.23. The van der Waals surface area contributed by atoms with Crippen LogP contribution in [0.5, 0.6) is 0 Å². The van der Waals surface area contributed by atoms with E-state index in [9.17, 15) is 4.79 Å². The molecule has 1 aromatic rings. The summed E-state index contributed by atoms with van der Waals surface area (Å²) < 4.78 is 0.844. The first kappa shape index (κ1) is 15.4. The van der Waals surface area contributed by atoms with Crippen LogP contribution in [0, 0.1) is 8.99 Å². The van der Waals surface area contributed by atoms with Crippen molar-refractivity contribution in [2.45, 2.75) is 25.7 Å². The van der Waals surface area contributed by atoms with Crippen molar-refractivity contribution in [3.8, 4) is 0 Å². The molecule has 0 spiro atoms. The second kappa shape index (κ2) is 6.17. The number of oxime groups is 1. The average molecular weight is 408 g/mol. The Morgan fingerprint density at radius 2 is 2.10 bits per heavy atom. The van der Waals surface area contributed by atoms with Crippen LogP contribution in [0.1, 0.15) is 25.7 Å². The van der Waals surface area contributed by atoms with Gasteiger partial charge >= 0.3 is 0 Å². The van der Waals surface area contributed by atoms with Crippen LogP contribution in [0.2, 0.25) is 5.02 Å². The Hall–Kier alpha value is -1.02. The quantitative estimate of drug-likeness (QED) is 0.236. The molecule has 0 aliphatic heterocycles. The zero-order chi connectivity index (χ0) is 14.8. The van der Waals surface area contributed by atoms with Gasteiger partial charge in [0.2, 0.25) is 5.91 Å². The number of nitrogens with zero attached hydrogens (tertiary/aromatic N) is 1. The molecule has 1 aliphatic carbocycles. The first-order valence-corrected chi connectivity index (χ1v) is 7.70. The molecule has 0 radical (unpaired) electrons. The molecule has 5 nitrogen and oxygen atoms in total. The number of amides is 1. The van der Waals surface area contributed by atoms with E-state index in [2.05, 4.69) is 33.1 Å². The largest absolute Gasteiger partial charge is 0.409 e. The van der Waals surface area contributed by atoms with Crippen molar-refractivity contribution in [3.05, 3.63) is 26.8 Å². The number of carbonyl (C=O) groups is 1. The van der Waals surface area contributed by atoms with E-state index in [4.69, 9.17) is 22.5 Å². The number of hydrogen-bond donors (Lipinski definition) is 3. The Balaban J connectivity index is 2.26. The molecular weight excluding hydrogens is 393 g/mol. The second-order valence-electron chi connectivity index (χ2n) is 4.85. The molecule has 2 rings (SSSR count).